The van der Waals surface area contributed by atoms with Gasteiger partial charge in [-0.05, 0) is 73.3 Å². The molecule has 0 spiro atoms. The minimum Gasteiger partial charge on any atom is -0.220 e. The zero-order valence-electron chi connectivity index (χ0n) is 9.84. The van der Waals surface area contributed by atoms with Gasteiger partial charge in [0.05, 0.1) is 10.2 Å². The van der Waals surface area contributed by atoms with Crippen LogP contribution in [0.3, 0.4) is 0 Å². The average molecular weight is 304 g/mol. The number of benzene rings is 1. The SMILES string of the molecule is CC(=NSC(C)(C)C)c1ccc(Br)c(F)c1. The number of hydrogen-bond acceptors (Lipinski definition) is 2. The van der Waals surface area contributed by atoms with Crippen molar-refractivity contribution in [2.45, 2.75) is 32.4 Å². The highest BCUT2D eigenvalue weighted by molar-refractivity contribution is 9.10. The van der Waals surface area contributed by atoms with Gasteiger partial charge in [-0.25, -0.2) is 8.79 Å². The van der Waals surface area contributed by atoms with Crippen LogP contribution in [-0.2, 0) is 0 Å². The molecule has 0 saturated heterocycles. The first kappa shape index (κ1) is 13.7. The average Bonchev–Trinajstić information content (AvgIpc) is 2.17. The standard InChI is InChI=1S/C12H15BrFNS/c1-8(15-16-12(2,3)4)9-5-6-10(13)11(14)7-9/h5-7H,1-4H3. The fourth-order valence-corrected chi connectivity index (χ4v) is 1.74. The normalized spacial score (nSPS) is 13.0. The highest BCUT2D eigenvalue weighted by Gasteiger charge is 2.11. The Labute approximate surface area is 109 Å². The molecular weight excluding hydrogens is 289 g/mol. The van der Waals surface area contributed by atoms with Crippen molar-refractivity contribution < 1.29 is 4.39 Å². The van der Waals surface area contributed by atoms with E-state index in [-0.39, 0.29) is 10.6 Å². The first-order valence-electron chi connectivity index (χ1n) is 4.98. The van der Waals surface area contributed by atoms with E-state index in [1.807, 2.05) is 13.0 Å². The zero-order chi connectivity index (χ0) is 12.3. The molecule has 0 aliphatic rings. The third-order valence-corrected chi connectivity index (χ3v) is 3.35. The van der Waals surface area contributed by atoms with Crippen LogP contribution in [0.1, 0.15) is 33.3 Å². The van der Waals surface area contributed by atoms with Crippen molar-refractivity contribution in [3.63, 3.8) is 0 Å². The van der Waals surface area contributed by atoms with Crippen LogP contribution >= 0.6 is 27.9 Å². The van der Waals surface area contributed by atoms with E-state index in [1.165, 1.54) is 18.0 Å². The summed E-state index contributed by atoms with van der Waals surface area (Å²) in [5, 5.41) is 0. The largest absolute Gasteiger partial charge is 0.220 e. The molecule has 1 aromatic rings. The molecule has 0 unspecified atom stereocenters. The summed E-state index contributed by atoms with van der Waals surface area (Å²) in [6, 6.07) is 5.05. The van der Waals surface area contributed by atoms with E-state index in [4.69, 9.17) is 0 Å². The molecule has 88 valence electrons. The summed E-state index contributed by atoms with van der Waals surface area (Å²) >= 11 is 4.63. The molecular formula is C12H15BrFNS. The molecule has 0 N–H and O–H groups in total. The fraction of sp³-hybridized carbons (Fsp3) is 0.417. The maximum atomic E-state index is 13.3. The minimum absolute atomic E-state index is 0.0785. The number of hydrogen-bond donors (Lipinski definition) is 0. The smallest absolute Gasteiger partial charge is 0.138 e. The minimum atomic E-state index is -0.257. The third kappa shape index (κ3) is 4.26. The third-order valence-electron chi connectivity index (χ3n) is 1.79. The summed E-state index contributed by atoms with van der Waals surface area (Å²) in [5.74, 6) is -0.257. The van der Waals surface area contributed by atoms with Crippen molar-refractivity contribution in [1.82, 2.24) is 0 Å². The van der Waals surface area contributed by atoms with Gasteiger partial charge >= 0.3 is 0 Å². The van der Waals surface area contributed by atoms with Crippen LogP contribution < -0.4 is 0 Å². The number of halogens is 2. The van der Waals surface area contributed by atoms with Gasteiger partial charge in [0.25, 0.3) is 0 Å². The van der Waals surface area contributed by atoms with Crippen molar-refractivity contribution in [1.29, 1.82) is 0 Å². The van der Waals surface area contributed by atoms with Gasteiger partial charge in [0.15, 0.2) is 0 Å². The summed E-state index contributed by atoms with van der Waals surface area (Å²) < 4.78 is 18.3. The first-order valence-corrected chi connectivity index (χ1v) is 6.54. The quantitative estimate of drug-likeness (QED) is 0.562. The van der Waals surface area contributed by atoms with E-state index in [0.717, 1.165) is 11.3 Å². The van der Waals surface area contributed by atoms with Crippen molar-refractivity contribution >= 4 is 33.6 Å². The molecule has 0 atom stereocenters. The maximum Gasteiger partial charge on any atom is 0.138 e. The molecule has 0 bridgehead atoms. The topological polar surface area (TPSA) is 12.4 Å². The Kier molecular flexibility index (Phi) is 4.56. The molecule has 1 nitrogen and oxygen atoms in total. The Balaban J connectivity index is 2.88. The Morgan fingerprint density at radius 3 is 2.50 bits per heavy atom. The molecule has 1 rings (SSSR count). The predicted molar refractivity (Wildman–Crippen MR) is 73.7 cm³/mol. The van der Waals surface area contributed by atoms with E-state index in [0.29, 0.717) is 4.47 Å². The Hall–Kier alpha value is -0.350. The lowest BCUT2D eigenvalue weighted by Gasteiger charge is -2.13. The molecule has 1 aromatic carbocycles. The lowest BCUT2D eigenvalue weighted by Crippen LogP contribution is -2.06. The van der Waals surface area contributed by atoms with Gasteiger partial charge in [-0.2, -0.15) is 0 Å². The lowest BCUT2D eigenvalue weighted by molar-refractivity contribution is 0.621. The fourth-order valence-electron chi connectivity index (χ4n) is 0.979. The van der Waals surface area contributed by atoms with Gasteiger partial charge in [0, 0.05) is 4.75 Å². The van der Waals surface area contributed by atoms with Crippen molar-refractivity contribution in [2.24, 2.45) is 4.40 Å². The van der Waals surface area contributed by atoms with Gasteiger partial charge in [0.1, 0.15) is 5.82 Å². The lowest BCUT2D eigenvalue weighted by atomic mass is 10.1. The second kappa shape index (κ2) is 5.32. The van der Waals surface area contributed by atoms with E-state index < -0.39 is 0 Å². The summed E-state index contributed by atoms with van der Waals surface area (Å²) in [4.78, 5) is 0. The summed E-state index contributed by atoms with van der Waals surface area (Å²) in [5.41, 5.74) is 1.66. The van der Waals surface area contributed by atoms with Gasteiger partial charge in [-0.15, -0.1) is 0 Å². The number of nitrogens with zero attached hydrogens (tertiary/aromatic N) is 1. The first-order chi connectivity index (χ1) is 7.29. The highest BCUT2D eigenvalue weighted by atomic mass is 79.9. The molecule has 0 radical (unpaired) electrons. The van der Waals surface area contributed by atoms with Gasteiger partial charge < -0.3 is 0 Å². The van der Waals surface area contributed by atoms with E-state index in [2.05, 4.69) is 41.1 Å². The molecule has 0 heterocycles. The zero-order valence-corrected chi connectivity index (χ0v) is 12.2. The van der Waals surface area contributed by atoms with E-state index in [9.17, 15) is 4.39 Å². The predicted octanol–water partition coefficient (Wildman–Crippen LogP) is 4.84. The van der Waals surface area contributed by atoms with E-state index in [1.54, 1.807) is 6.07 Å². The molecule has 0 aliphatic carbocycles. The highest BCUT2D eigenvalue weighted by Crippen LogP contribution is 2.25. The Morgan fingerprint density at radius 1 is 1.38 bits per heavy atom. The van der Waals surface area contributed by atoms with E-state index >= 15 is 0 Å². The van der Waals surface area contributed by atoms with Crippen molar-refractivity contribution in [2.75, 3.05) is 0 Å². The maximum absolute atomic E-state index is 13.3. The van der Waals surface area contributed by atoms with Gasteiger partial charge in [-0.1, -0.05) is 6.07 Å². The Morgan fingerprint density at radius 2 is 2.00 bits per heavy atom. The van der Waals surface area contributed by atoms with Crippen LogP contribution in [-0.4, -0.2) is 10.5 Å². The molecule has 0 fully saturated rings. The Bertz CT molecular complexity index is 410. The molecule has 16 heavy (non-hydrogen) atoms. The van der Waals surface area contributed by atoms with Crippen LogP contribution in [0.5, 0.6) is 0 Å². The molecule has 0 amide bonds. The van der Waals surface area contributed by atoms with Crippen molar-refractivity contribution in [3.05, 3.63) is 34.1 Å². The molecule has 0 aromatic heterocycles. The monoisotopic (exact) mass is 303 g/mol. The molecule has 4 heteroatoms. The second-order valence-corrected chi connectivity index (χ2v) is 6.95. The van der Waals surface area contributed by atoms with Crippen molar-refractivity contribution in [3.8, 4) is 0 Å². The van der Waals surface area contributed by atoms with Crippen LogP contribution in [0.2, 0.25) is 0 Å². The summed E-state index contributed by atoms with van der Waals surface area (Å²) in [7, 11) is 0. The van der Waals surface area contributed by atoms with Crippen LogP contribution in [0, 0.1) is 5.82 Å². The second-order valence-electron chi connectivity index (χ2n) is 4.51. The van der Waals surface area contributed by atoms with Crippen LogP contribution in [0.25, 0.3) is 0 Å². The summed E-state index contributed by atoms with van der Waals surface area (Å²) in [6.45, 7) is 8.17. The molecule has 0 aliphatic heterocycles. The molecule has 0 saturated carbocycles. The van der Waals surface area contributed by atoms with Gasteiger partial charge in [-0.3, -0.25) is 0 Å². The van der Waals surface area contributed by atoms with Crippen LogP contribution in [0.15, 0.2) is 27.1 Å². The summed E-state index contributed by atoms with van der Waals surface area (Å²) in [6.07, 6.45) is 0. The number of rotatable bonds is 2. The van der Waals surface area contributed by atoms with Crippen LogP contribution in [0.4, 0.5) is 4.39 Å². The van der Waals surface area contributed by atoms with Gasteiger partial charge in [0.2, 0.25) is 0 Å².